The van der Waals surface area contributed by atoms with Gasteiger partial charge in [0.2, 0.25) is 35.4 Å². The summed E-state index contributed by atoms with van der Waals surface area (Å²) in [5.41, 5.74) is 2.13. The second kappa shape index (κ2) is 23.0. The number of carboxylic acids is 1. The summed E-state index contributed by atoms with van der Waals surface area (Å²) in [5.74, 6) is -5.81. The smallest absolute Gasteiger partial charge is 0.328 e. The number of amides is 6. The van der Waals surface area contributed by atoms with Gasteiger partial charge in [-0.15, -0.1) is 0 Å². The summed E-state index contributed by atoms with van der Waals surface area (Å²) in [6.07, 6.45) is 0.0237. The zero-order chi connectivity index (χ0) is 42.7. The Labute approximate surface area is 342 Å². The summed E-state index contributed by atoms with van der Waals surface area (Å²) >= 11 is 0. The van der Waals surface area contributed by atoms with Gasteiger partial charge in [-0.1, -0.05) is 105 Å². The monoisotopic (exact) mass is 812 g/mol. The van der Waals surface area contributed by atoms with Gasteiger partial charge < -0.3 is 41.7 Å². The molecule has 6 amide bonds. The molecule has 5 atom stereocenters. The van der Waals surface area contributed by atoms with E-state index in [0.29, 0.717) is 11.1 Å². The zero-order valence-electron chi connectivity index (χ0n) is 33.1. The number of carboxylic acid groups (broad SMARTS) is 1. The van der Waals surface area contributed by atoms with E-state index in [4.69, 9.17) is 4.74 Å². The van der Waals surface area contributed by atoms with Gasteiger partial charge in [0.05, 0.1) is 6.54 Å². The van der Waals surface area contributed by atoms with Crippen LogP contribution in [0.1, 0.15) is 62.6 Å². The van der Waals surface area contributed by atoms with E-state index in [-0.39, 0.29) is 57.0 Å². The highest BCUT2D eigenvalue weighted by atomic mass is 16.5. The van der Waals surface area contributed by atoms with E-state index in [1.807, 2.05) is 19.9 Å². The molecule has 0 spiro atoms. The first-order chi connectivity index (χ1) is 28.3. The average Bonchev–Trinajstić information content (AvgIpc) is 3.66. The summed E-state index contributed by atoms with van der Waals surface area (Å²) in [7, 11) is 0. The van der Waals surface area contributed by atoms with Gasteiger partial charge in [0.15, 0.2) is 0 Å². The number of hydrogen-bond donors (Lipinski definition) is 7. The fourth-order valence-electron chi connectivity index (χ4n) is 6.33. The van der Waals surface area contributed by atoms with Crippen molar-refractivity contribution in [2.75, 3.05) is 6.54 Å². The van der Waals surface area contributed by atoms with Crippen molar-refractivity contribution in [1.82, 2.24) is 31.9 Å². The van der Waals surface area contributed by atoms with Crippen LogP contribution in [0.25, 0.3) is 0 Å². The van der Waals surface area contributed by atoms with Gasteiger partial charge in [-0.2, -0.15) is 0 Å². The number of aliphatic carboxylic acids is 1. The van der Waals surface area contributed by atoms with Crippen LogP contribution in [0.5, 0.6) is 0 Å². The topological polar surface area (TPSA) is 238 Å². The van der Waals surface area contributed by atoms with Gasteiger partial charge in [-0.25, -0.2) is 4.79 Å². The molecule has 16 heteroatoms. The molecule has 3 aromatic rings. The van der Waals surface area contributed by atoms with Gasteiger partial charge in [0.25, 0.3) is 0 Å². The van der Waals surface area contributed by atoms with Crippen molar-refractivity contribution in [3.63, 3.8) is 0 Å². The van der Waals surface area contributed by atoms with Crippen molar-refractivity contribution in [2.24, 2.45) is 5.92 Å². The van der Waals surface area contributed by atoms with Crippen LogP contribution in [0.3, 0.4) is 0 Å². The highest BCUT2D eigenvalue weighted by molar-refractivity contribution is 5.97. The van der Waals surface area contributed by atoms with Crippen LogP contribution in [-0.4, -0.2) is 89.2 Å². The summed E-state index contributed by atoms with van der Waals surface area (Å²) in [6, 6.07) is 21.0. The van der Waals surface area contributed by atoms with E-state index in [0.717, 1.165) is 5.56 Å². The summed E-state index contributed by atoms with van der Waals surface area (Å²) in [4.78, 5) is 104. The van der Waals surface area contributed by atoms with E-state index in [1.165, 1.54) is 0 Å². The van der Waals surface area contributed by atoms with Gasteiger partial charge in [0.1, 0.15) is 36.8 Å². The van der Waals surface area contributed by atoms with Crippen molar-refractivity contribution >= 4 is 47.4 Å². The third-order valence-corrected chi connectivity index (χ3v) is 9.40. The number of nitrogens with one attached hydrogen (secondary N) is 6. The number of benzene rings is 3. The molecule has 16 nitrogen and oxygen atoms in total. The maximum atomic E-state index is 13.9. The van der Waals surface area contributed by atoms with Crippen LogP contribution in [0, 0.1) is 5.92 Å². The van der Waals surface area contributed by atoms with Crippen LogP contribution < -0.4 is 31.9 Å². The Morgan fingerprint density at radius 2 is 1.22 bits per heavy atom. The molecule has 1 fully saturated rings. The lowest BCUT2D eigenvalue weighted by atomic mass is 10.0. The largest absolute Gasteiger partial charge is 0.481 e. The van der Waals surface area contributed by atoms with Crippen LogP contribution in [0.4, 0.5) is 0 Å². The van der Waals surface area contributed by atoms with E-state index in [1.54, 1.807) is 84.9 Å². The molecule has 1 heterocycles. The first-order valence-electron chi connectivity index (χ1n) is 19.5. The minimum atomic E-state index is -1.32. The third-order valence-electron chi connectivity index (χ3n) is 9.40. The maximum absolute atomic E-state index is 13.9. The predicted octanol–water partition coefficient (Wildman–Crippen LogP) is 1.46. The Balaban J connectivity index is 1.43. The lowest BCUT2D eigenvalue weighted by Crippen LogP contribution is -2.58. The maximum Gasteiger partial charge on any atom is 0.328 e. The van der Waals surface area contributed by atoms with Gasteiger partial charge in [-0.05, 0) is 41.9 Å². The SMILES string of the molecule is CC(C)C[C@H](NC(=O)CNC(=O)[C@H](Cc1ccccc1)NC(=O)[C@H](Cc1ccccc1)NC(=O)[C@@H]1CCC(=O)N1)C(=O)N[C@@H](CCC(=O)O)C(=O)OCc1ccccc1. The minimum Gasteiger partial charge on any atom is -0.481 e. The molecular formula is C43H52N6O10. The molecule has 0 radical (unpaired) electrons. The van der Waals surface area contributed by atoms with Crippen molar-refractivity contribution in [2.45, 2.75) is 95.6 Å². The Morgan fingerprint density at radius 3 is 1.75 bits per heavy atom. The first-order valence-corrected chi connectivity index (χ1v) is 19.5. The van der Waals surface area contributed by atoms with Crippen molar-refractivity contribution < 1.29 is 48.2 Å². The lowest BCUT2D eigenvalue weighted by Gasteiger charge is -2.25. The fraction of sp³-hybridized carbons (Fsp3) is 0.395. The molecule has 1 aliphatic rings. The molecule has 0 saturated carbocycles. The van der Waals surface area contributed by atoms with Gasteiger partial charge in [-0.3, -0.25) is 33.6 Å². The molecule has 7 N–H and O–H groups in total. The molecule has 0 unspecified atom stereocenters. The molecule has 0 bridgehead atoms. The fourth-order valence-corrected chi connectivity index (χ4v) is 6.33. The molecule has 3 aromatic carbocycles. The highest BCUT2D eigenvalue weighted by Crippen LogP contribution is 2.12. The van der Waals surface area contributed by atoms with Crippen molar-refractivity contribution in [1.29, 1.82) is 0 Å². The number of carbonyl (C=O) groups is 8. The Kier molecular flexibility index (Phi) is 17.6. The number of carbonyl (C=O) groups excluding carboxylic acids is 7. The second-order valence-corrected chi connectivity index (χ2v) is 14.7. The van der Waals surface area contributed by atoms with Crippen LogP contribution in [0.15, 0.2) is 91.0 Å². The zero-order valence-corrected chi connectivity index (χ0v) is 33.1. The van der Waals surface area contributed by atoms with E-state index < -0.39 is 84.6 Å². The van der Waals surface area contributed by atoms with E-state index >= 15 is 0 Å². The number of rotatable bonds is 22. The second-order valence-electron chi connectivity index (χ2n) is 14.7. The Bertz CT molecular complexity index is 1910. The normalized spacial score (nSPS) is 15.4. The Morgan fingerprint density at radius 1 is 0.695 bits per heavy atom. The molecule has 0 aromatic heterocycles. The quantitative estimate of drug-likeness (QED) is 0.0722. The highest BCUT2D eigenvalue weighted by Gasteiger charge is 2.33. The molecule has 314 valence electrons. The summed E-state index contributed by atoms with van der Waals surface area (Å²) in [6.45, 7) is 2.95. The first kappa shape index (κ1) is 45.1. The summed E-state index contributed by atoms with van der Waals surface area (Å²) < 4.78 is 5.37. The van der Waals surface area contributed by atoms with Gasteiger partial charge >= 0.3 is 11.9 Å². The average molecular weight is 813 g/mol. The predicted molar refractivity (Wildman–Crippen MR) is 215 cm³/mol. The van der Waals surface area contributed by atoms with Crippen LogP contribution in [-0.2, 0) is 62.5 Å². The Hall–Kier alpha value is -6.58. The van der Waals surface area contributed by atoms with Crippen molar-refractivity contribution in [3.05, 3.63) is 108 Å². The van der Waals surface area contributed by atoms with E-state index in [2.05, 4.69) is 31.9 Å². The third kappa shape index (κ3) is 15.7. The summed E-state index contributed by atoms with van der Waals surface area (Å²) in [5, 5.41) is 25.0. The molecule has 59 heavy (non-hydrogen) atoms. The van der Waals surface area contributed by atoms with Crippen LogP contribution in [0.2, 0.25) is 0 Å². The lowest BCUT2D eigenvalue weighted by molar-refractivity contribution is -0.150. The number of hydrogen-bond acceptors (Lipinski definition) is 9. The van der Waals surface area contributed by atoms with Gasteiger partial charge in [0, 0.05) is 25.7 Å². The minimum absolute atomic E-state index is 0.0290. The standard InChI is InChI=1S/C43H52N6O10/c1-27(2)22-33(41(56)47-32(19-21-38(52)53)43(58)59-26-30-16-10-5-11-17-30)46-37(51)25-44-39(54)34(23-28-12-6-3-7-13-28)48-42(57)35(24-29-14-8-4-9-15-29)49-40(55)31-18-20-36(50)45-31/h3-17,27,31-35H,18-26H2,1-2H3,(H,44,54)(H,45,50)(H,46,51)(H,47,56)(H,48,57)(H,49,55)(H,52,53)/t31-,32-,33-,34-,35-/m0/s1. The molecule has 1 aliphatic heterocycles. The van der Waals surface area contributed by atoms with E-state index in [9.17, 15) is 43.5 Å². The number of ether oxygens (including phenoxy) is 1. The van der Waals surface area contributed by atoms with Crippen molar-refractivity contribution in [3.8, 4) is 0 Å². The van der Waals surface area contributed by atoms with Crippen LogP contribution >= 0.6 is 0 Å². The molecule has 4 rings (SSSR count). The number of esters is 1. The molecular weight excluding hydrogens is 761 g/mol. The molecule has 0 aliphatic carbocycles. The molecule has 1 saturated heterocycles.